The summed E-state index contributed by atoms with van der Waals surface area (Å²) in [6, 6.07) is 0. The highest BCUT2D eigenvalue weighted by atomic mass is 16.7. The summed E-state index contributed by atoms with van der Waals surface area (Å²) in [6.45, 7) is 3.39. The summed E-state index contributed by atoms with van der Waals surface area (Å²) in [5.74, 6) is -0.400. The van der Waals surface area contributed by atoms with Crippen LogP contribution in [0.25, 0.3) is 0 Å². The molecule has 7 N–H and O–H groups in total. The predicted molar refractivity (Wildman–Crippen MR) is 238 cm³/mol. The molecule has 0 radical (unpaired) electrons. The normalized spacial score (nSPS) is 27.8. The van der Waals surface area contributed by atoms with E-state index in [9.17, 15) is 40.5 Å². The van der Waals surface area contributed by atoms with Crippen LogP contribution in [0.15, 0.2) is 60.8 Å². The van der Waals surface area contributed by atoms with Gasteiger partial charge >= 0.3 is 5.97 Å². The van der Waals surface area contributed by atoms with Crippen LogP contribution in [0.4, 0.5) is 0 Å². The molecular weight excluding hydrogens is 801 g/mol. The number of rotatable bonds is 35. The van der Waals surface area contributed by atoms with Gasteiger partial charge < -0.3 is 64.2 Å². The summed E-state index contributed by atoms with van der Waals surface area (Å²) >= 11 is 0. The molecule has 11 unspecified atom stereocenters. The zero-order valence-corrected chi connectivity index (χ0v) is 37.6. The molecule has 0 aromatic rings. The van der Waals surface area contributed by atoms with Crippen LogP contribution in [-0.4, -0.2) is 142 Å². The van der Waals surface area contributed by atoms with Crippen molar-refractivity contribution in [2.75, 3.05) is 33.0 Å². The van der Waals surface area contributed by atoms with E-state index in [1.807, 2.05) is 0 Å². The second-order valence-corrected chi connectivity index (χ2v) is 16.2. The number of carbonyl (C=O) groups is 1. The van der Waals surface area contributed by atoms with Gasteiger partial charge in [0.05, 0.1) is 26.4 Å². The van der Waals surface area contributed by atoms with Crippen molar-refractivity contribution in [1.29, 1.82) is 0 Å². The molecule has 14 heteroatoms. The van der Waals surface area contributed by atoms with Crippen LogP contribution in [0.1, 0.15) is 136 Å². The number of carbonyl (C=O) groups excluding carboxylic acids is 1. The number of ether oxygens (including phenoxy) is 6. The van der Waals surface area contributed by atoms with E-state index < -0.39 is 86.7 Å². The zero-order chi connectivity index (χ0) is 45.2. The fourth-order valence-electron chi connectivity index (χ4n) is 6.96. The van der Waals surface area contributed by atoms with Crippen LogP contribution >= 0.6 is 0 Å². The topological polar surface area (TPSA) is 214 Å². The van der Waals surface area contributed by atoms with E-state index in [1.54, 1.807) is 0 Å². The Morgan fingerprint density at radius 2 is 1.05 bits per heavy atom. The molecule has 0 spiro atoms. The molecule has 14 nitrogen and oxygen atoms in total. The predicted octanol–water partition coefficient (Wildman–Crippen LogP) is 5.79. The first-order valence-electron chi connectivity index (χ1n) is 23.4. The molecule has 0 amide bonds. The van der Waals surface area contributed by atoms with Crippen molar-refractivity contribution in [3.63, 3.8) is 0 Å². The number of unbranched alkanes of at least 4 members (excludes halogenated alkanes) is 11. The minimum absolute atomic E-state index is 0.0518. The van der Waals surface area contributed by atoms with Crippen molar-refractivity contribution in [2.45, 2.75) is 203 Å². The third kappa shape index (κ3) is 24.1. The van der Waals surface area contributed by atoms with Crippen molar-refractivity contribution in [1.82, 2.24) is 0 Å². The first-order valence-corrected chi connectivity index (χ1v) is 23.4. The van der Waals surface area contributed by atoms with Gasteiger partial charge in [0.2, 0.25) is 0 Å². The fraction of sp³-hybridized carbons (Fsp3) is 0.771. The van der Waals surface area contributed by atoms with Gasteiger partial charge in [0.25, 0.3) is 0 Å². The van der Waals surface area contributed by atoms with Gasteiger partial charge in [-0.1, -0.05) is 132 Å². The fourth-order valence-corrected chi connectivity index (χ4v) is 6.96. The molecule has 0 bridgehead atoms. The lowest BCUT2D eigenvalue weighted by Crippen LogP contribution is -2.61. The highest BCUT2D eigenvalue weighted by Crippen LogP contribution is 2.26. The van der Waals surface area contributed by atoms with Gasteiger partial charge in [-0.25, -0.2) is 0 Å². The number of aliphatic hydroxyl groups is 7. The summed E-state index contributed by atoms with van der Waals surface area (Å²) < 4.78 is 33.9. The number of hydrogen-bond acceptors (Lipinski definition) is 14. The number of allylic oxidation sites excluding steroid dienone is 10. The Morgan fingerprint density at radius 3 is 1.63 bits per heavy atom. The smallest absolute Gasteiger partial charge is 0.306 e. The average Bonchev–Trinajstić information content (AvgIpc) is 3.27. The highest BCUT2D eigenvalue weighted by Gasteiger charge is 2.47. The molecule has 2 heterocycles. The lowest BCUT2D eigenvalue weighted by molar-refractivity contribution is -0.332. The average molecular weight is 883 g/mol. The van der Waals surface area contributed by atoms with Crippen molar-refractivity contribution in [3.05, 3.63) is 60.8 Å². The maximum atomic E-state index is 12.7. The van der Waals surface area contributed by atoms with Gasteiger partial charge in [-0.15, -0.1) is 0 Å². The Balaban J connectivity index is 1.65. The van der Waals surface area contributed by atoms with Gasteiger partial charge in [0.15, 0.2) is 12.6 Å². The zero-order valence-electron chi connectivity index (χ0n) is 37.6. The van der Waals surface area contributed by atoms with Gasteiger partial charge in [-0.3, -0.25) is 4.79 Å². The van der Waals surface area contributed by atoms with E-state index >= 15 is 0 Å². The quantitative estimate of drug-likeness (QED) is 0.0228. The summed E-state index contributed by atoms with van der Waals surface area (Å²) in [5, 5.41) is 71.6. The third-order valence-corrected chi connectivity index (χ3v) is 10.8. The van der Waals surface area contributed by atoms with E-state index in [0.29, 0.717) is 13.0 Å². The van der Waals surface area contributed by atoms with Gasteiger partial charge in [0, 0.05) is 13.0 Å². The minimum Gasteiger partial charge on any atom is -0.457 e. The molecule has 62 heavy (non-hydrogen) atoms. The second-order valence-electron chi connectivity index (χ2n) is 16.2. The van der Waals surface area contributed by atoms with Crippen molar-refractivity contribution >= 4 is 5.97 Å². The molecule has 0 aromatic heterocycles. The van der Waals surface area contributed by atoms with Gasteiger partial charge in [-0.05, 0) is 57.8 Å². The number of aliphatic hydroxyl groups excluding tert-OH is 7. The Labute approximate surface area is 371 Å². The molecule has 11 atom stereocenters. The maximum absolute atomic E-state index is 12.7. The van der Waals surface area contributed by atoms with Crippen molar-refractivity contribution < 1.29 is 69.0 Å². The maximum Gasteiger partial charge on any atom is 0.306 e. The van der Waals surface area contributed by atoms with Crippen LogP contribution in [0, 0.1) is 0 Å². The van der Waals surface area contributed by atoms with E-state index in [1.165, 1.54) is 32.1 Å². The first-order chi connectivity index (χ1) is 30.1. The monoisotopic (exact) mass is 883 g/mol. The molecule has 2 fully saturated rings. The Morgan fingerprint density at radius 1 is 0.548 bits per heavy atom. The van der Waals surface area contributed by atoms with E-state index in [0.717, 1.165) is 77.0 Å². The van der Waals surface area contributed by atoms with Crippen molar-refractivity contribution in [3.8, 4) is 0 Å². The Bertz CT molecular complexity index is 1250. The highest BCUT2D eigenvalue weighted by molar-refractivity contribution is 5.69. The van der Waals surface area contributed by atoms with E-state index in [-0.39, 0.29) is 19.6 Å². The third-order valence-electron chi connectivity index (χ3n) is 10.8. The Kier molecular flexibility index (Phi) is 32.4. The number of esters is 1. The Hall–Kier alpha value is -2.31. The van der Waals surface area contributed by atoms with Crippen LogP contribution in [0.5, 0.6) is 0 Å². The summed E-state index contributed by atoms with van der Waals surface area (Å²) in [5.41, 5.74) is 0. The van der Waals surface area contributed by atoms with Crippen LogP contribution in [0.3, 0.4) is 0 Å². The first kappa shape index (κ1) is 55.8. The molecule has 358 valence electrons. The SMILES string of the molecule is CC/C=C\C/C=C\C/C=C\C/C=C\C/C=C\CCCCCCCCCCOCC(COC1OC(COC2OC(CO)C(O)C(O)C2O)C(O)C(O)C1O)OC(=O)CCCCCC. The van der Waals surface area contributed by atoms with Crippen molar-refractivity contribution in [2.24, 2.45) is 0 Å². The lowest BCUT2D eigenvalue weighted by atomic mass is 9.98. The molecule has 0 aliphatic carbocycles. The molecule has 2 aliphatic heterocycles. The molecule has 0 saturated carbocycles. The van der Waals surface area contributed by atoms with Gasteiger partial charge in [0.1, 0.15) is 54.9 Å². The minimum atomic E-state index is -1.71. The molecule has 2 rings (SSSR count). The van der Waals surface area contributed by atoms with E-state index in [4.69, 9.17) is 28.4 Å². The standard InChI is InChI=1S/C48H82O14/c1-3-5-7-9-10-11-12-13-14-15-16-17-18-19-20-21-22-23-24-25-26-27-28-30-32-57-34-37(60-40(50)31-29-8-6-4-2)35-58-47-46(56)44(54)42(52)39(62-47)36-59-48-45(55)43(53)41(51)38(33-49)61-48/h5,7,10-11,13-14,16-17,19-20,37-39,41-49,51-56H,3-4,6,8-9,12,15,18,21-36H2,1-2H3/b7-5-,11-10-,14-13-,17-16-,20-19-. The lowest BCUT2D eigenvalue weighted by Gasteiger charge is -2.42. The van der Waals surface area contributed by atoms with Crippen LogP contribution in [-0.2, 0) is 33.2 Å². The van der Waals surface area contributed by atoms with Gasteiger partial charge in [-0.2, -0.15) is 0 Å². The van der Waals surface area contributed by atoms with Crippen LogP contribution < -0.4 is 0 Å². The molecule has 0 aromatic carbocycles. The summed E-state index contributed by atoms with van der Waals surface area (Å²) in [7, 11) is 0. The summed E-state index contributed by atoms with van der Waals surface area (Å²) in [6.07, 6.45) is 25.1. The molecule has 2 saturated heterocycles. The molecule has 2 aliphatic rings. The van der Waals surface area contributed by atoms with Crippen LogP contribution in [0.2, 0.25) is 0 Å². The largest absolute Gasteiger partial charge is 0.457 e. The molecular formula is C48H82O14. The number of hydrogen-bond donors (Lipinski definition) is 7. The second kappa shape index (κ2) is 36.0. The summed E-state index contributed by atoms with van der Waals surface area (Å²) in [4.78, 5) is 12.7. The van der Waals surface area contributed by atoms with E-state index in [2.05, 4.69) is 74.6 Å².